The number of halogens is 1. The van der Waals surface area contributed by atoms with E-state index in [-0.39, 0.29) is 36.4 Å². The Bertz CT molecular complexity index is 655. The Morgan fingerprint density at radius 2 is 2.09 bits per heavy atom. The second-order valence-corrected chi connectivity index (χ2v) is 4.67. The van der Waals surface area contributed by atoms with Gasteiger partial charge in [-0.1, -0.05) is 13.0 Å². The lowest BCUT2D eigenvalue weighted by molar-refractivity contribution is -0.120. The van der Waals surface area contributed by atoms with E-state index in [2.05, 4.69) is 31.1 Å². The van der Waals surface area contributed by atoms with E-state index in [1.807, 2.05) is 35.7 Å². The molecule has 0 atom stereocenters. The number of hydrogen-bond donors (Lipinski definition) is 3. The van der Waals surface area contributed by atoms with Gasteiger partial charge in [-0.2, -0.15) is 0 Å². The first kappa shape index (κ1) is 19.1. The highest BCUT2D eigenvalue weighted by Crippen LogP contribution is 2.01. The van der Waals surface area contributed by atoms with Gasteiger partial charge in [0.2, 0.25) is 5.91 Å². The van der Waals surface area contributed by atoms with Gasteiger partial charge >= 0.3 is 0 Å². The fourth-order valence-corrected chi connectivity index (χ4v) is 1.89. The molecule has 2 aromatic heterocycles. The van der Waals surface area contributed by atoms with E-state index in [9.17, 15) is 4.79 Å². The molecule has 0 radical (unpaired) electrons. The first-order valence-corrected chi connectivity index (χ1v) is 7.24. The molecule has 0 aliphatic heterocycles. The van der Waals surface area contributed by atoms with Crippen LogP contribution in [0.3, 0.4) is 0 Å². The second-order valence-electron chi connectivity index (χ2n) is 4.67. The molecule has 0 aliphatic carbocycles. The lowest BCUT2D eigenvalue weighted by atomic mass is 10.4. The van der Waals surface area contributed by atoms with Crippen LogP contribution in [0.5, 0.6) is 0 Å². The third-order valence-corrected chi connectivity index (χ3v) is 3.01. The van der Waals surface area contributed by atoms with Crippen LogP contribution in [-0.4, -0.2) is 46.6 Å². The summed E-state index contributed by atoms with van der Waals surface area (Å²) in [5.41, 5.74) is 0.793. The number of aromatic nitrogens is 3. The van der Waals surface area contributed by atoms with Crippen molar-refractivity contribution in [2.45, 2.75) is 19.9 Å². The van der Waals surface area contributed by atoms with Crippen LogP contribution in [0.2, 0.25) is 0 Å². The Kier molecular flexibility index (Phi) is 8.30. The molecule has 0 saturated heterocycles. The number of rotatable bonds is 6. The molecule has 0 unspecified atom stereocenters. The fourth-order valence-electron chi connectivity index (χ4n) is 1.89. The molecule has 9 heteroatoms. The van der Waals surface area contributed by atoms with Crippen molar-refractivity contribution in [3.63, 3.8) is 0 Å². The van der Waals surface area contributed by atoms with Crippen LogP contribution in [0.4, 0.5) is 0 Å². The Hall–Kier alpha value is -1.91. The minimum absolute atomic E-state index is 0. The third-order valence-electron chi connectivity index (χ3n) is 3.01. The number of hydrogen-bond acceptors (Lipinski definition) is 4. The van der Waals surface area contributed by atoms with Crippen molar-refractivity contribution in [1.82, 2.24) is 30.5 Å². The minimum atomic E-state index is -0.0577. The lowest BCUT2D eigenvalue weighted by Crippen LogP contribution is -2.43. The summed E-state index contributed by atoms with van der Waals surface area (Å²) in [7, 11) is 1.65. The maximum Gasteiger partial charge on any atom is 0.239 e. The van der Waals surface area contributed by atoms with Gasteiger partial charge in [0.05, 0.1) is 13.1 Å². The molecule has 3 N–H and O–H groups in total. The fraction of sp³-hybridized carbons (Fsp3) is 0.429. The van der Waals surface area contributed by atoms with Crippen LogP contribution < -0.4 is 16.0 Å². The van der Waals surface area contributed by atoms with Crippen molar-refractivity contribution < 1.29 is 4.79 Å². The van der Waals surface area contributed by atoms with Crippen LogP contribution in [-0.2, 0) is 11.3 Å². The highest BCUT2D eigenvalue weighted by Gasteiger charge is 2.06. The largest absolute Gasteiger partial charge is 0.355 e. The molecule has 0 aliphatic rings. The van der Waals surface area contributed by atoms with Crippen molar-refractivity contribution in [1.29, 1.82) is 0 Å². The smallest absolute Gasteiger partial charge is 0.239 e. The molecule has 2 aromatic rings. The number of carbonyl (C=O) groups is 1. The van der Waals surface area contributed by atoms with E-state index < -0.39 is 0 Å². The van der Waals surface area contributed by atoms with Gasteiger partial charge in [-0.3, -0.25) is 14.2 Å². The van der Waals surface area contributed by atoms with Crippen LogP contribution >= 0.6 is 24.0 Å². The van der Waals surface area contributed by atoms with Gasteiger partial charge in [0.1, 0.15) is 0 Å². The van der Waals surface area contributed by atoms with Gasteiger partial charge in [0, 0.05) is 19.8 Å². The normalized spacial score (nSPS) is 11.0. The van der Waals surface area contributed by atoms with E-state index in [1.54, 1.807) is 7.05 Å². The molecule has 0 saturated carbocycles. The molecule has 0 spiro atoms. The summed E-state index contributed by atoms with van der Waals surface area (Å²) < 4.78 is 1.90. The van der Waals surface area contributed by atoms with Gasteiger partial charge in [-0.15, -0.1) is 34.2 Å². The van der Waals surface area contributed by atoms with Crippen molar-refractivity contribution in [2.75, 3.05) is 20.1 Å². The summed E-state index contributed by atoms with van der Waals surface area (Å²) >= 11 is 0. The van der Waals surface area contributed by atoms with E-state index in [1.165, 1.54) is 0 Å². The van der Waals surface area contributed by atoms with Crippen LogP contribution in [0.15, 0.2) is 29.4 Å². The van der Waals surface area contributed by atoms with Crippen LogP contribution in [0, 0.1) is 0 Å². The van der Waals surface area contributed by atoms with Crippen molar-refractivity contribution in [3.8, 4) is 0 Å². The first-order valence-electron chi connectivity index (χ1n) is 7.24. The zero-order valence-electron chi connectivity index (χ0n) is 13.2. The van der Waals surface area contributed by atoms with Gasteiger partial charge in [0.15, 0.2) is 17.4 Å². The SMILES string of the molecule is CCCNC(=O)CNC(=NC)NCc1nnc2ccccn12.I. The Balaban J connectivity index is 0.00000264. The number of carbonyl (C=O) groups excluding carboxylic acids is 1. The lowest BCUT2D eigenvalue weighted by Gasteiger charge is -2.11. The highest BCUT2D eigenvalue weighted by atomic mass is 127. The van der Waals surface area contributed by atoms with Gasteiger partial charge < -0.3 is 16.0 Å². The molecule has 23 heavy (non-hydrogen) atoms. The molecule has 8 nitrogen and oxygen atoms in total. The van der Waals surface area contributed by atoms with Crippen molar-refractivity contribution >= 4 is 41.5 Å². The molecular weight excluding hydrogens is 409 g/mol. The number of amides is 1. The maximum atomic E-state index is 11.5. The molecular formula is C14H22IN7O. The minimum Gasteiger partial charge on any atom is -0.355 e. The van der Waals surface area contributed by atoms with Gasteiger partial charge in [-0.25, -0.2) is 0 Å². The monoisotopic (exact) mass is 431 g/mol. The van der Waals surface area contributed by atoms with Gasteiger partial charge in [-0.05, 0) is 18.6 Å². The number of pyridine rings is 1. The number of guanidine groups is 1. The molecule has 2 heterocycles. The molecule has 0 aromatic carbocycles. The third kappa shape index (κ3) is 5.66. The summed E-state index contributed by atoms with van der Waals surface area (Å²) in [4.78, 5) is 15.6. The number of aliphatic imine (C=N–C) groups is 1. The maximum absolute atomic E-state index is 11.5. The Morgan fingerprint density at radius 1 is 1.26 bits per heavy atom. The quantitative estimate of drug-likeness (QED) is 0.353. The molecule has 1 amide bonds. The summed E-state index contributed by atoms with van der Waals surface area (Å²) in [5.74, 6) is 1.26. The predicted octanol–water partition coefficient (Wildman–Crippen LogP) is 0.538. The van der Waals surface area contributed by atoms with E-state index >= 15 is 0 Å². The summed E-state index contributed by atoms with van der Waals surface area (Å²) in [6.45, 7) is 3.33. The summed E-state index contributed by atoms with van der Waals surface area (Å²) in [6.07, 6.45) is 2.82. The van der Waals surface area contributed by atoms with Crippen LogP contribution in [0.25, 0.3) is 5.65 Å². The topological polar surface area (TPSA) is 95.7 Å². The van der Waals surface area contributed by atoms with Crippen molar-refractivity contribution in [2.24, 2.45) is 4.99 Å². The second kappa shape index (κ2) is 9.98. The first-order chi connectivity index (χ1) is 10.7. The molecule has 0 fully saturated rings. The molecule has 126 valence electrons. The molecule has 2 rings (SSSR count). The van der Waals surface area contributed by atoms with Crippen molar-refractivity contribution in [3.05, 3.63) is 30.2 Å². The van der Waals surface area contributed by atoms with E-state index in [4.69, 9.17) is 0 Å². The number of nitrogens with zero attached hydrogens (tertiary/aromatic N) is 4. The highest BCUT2D eigenvalue weighted by molar-refractivity contribution is 14.0. The van der Waals surface area contributed by atoms with Crippen LogP contribution in [0.1, 0.15) is 19.2 Å². The molecule has 0 bridgehead atoms. The number of fused-ring (bicyclic) bond motifs is 1. The standard InChI is InChI=1S/C14H21N7O.HI/c1-3-7-16-13(22)10-18-14(15-2)17-9-12-20-19-11-6-4-5-8-21(11)12;/h4-6,8H,3,7,9-10H2,1-2H3,(H,16,22)(H2,15,17,18);1H. The Morgan fingerprint density at radius 3 is 2.83 bits per heavy atom. The Labute approximate surface area is 152 Å². The van der Waals surface area contributed by atoms with E-state index in [0.717, 1.165) is 17.9 Å². The summed E-state index contributed by atoms with van der Waals surface area (Å²) in [5, 5.41) is 17.1. The zero-order chi connectivity index (χ0) is 15.8. The average Bonchev–Trinajstić information content (AvgIpc) is 2.96. The predicted molar refractivity (Wildman–Crippen MR) is 99.9 cm³/mol. The van der Waals surface area contributed by atoms with Gasteiger partial charge in [0.25, 0.3) is 0 Å². The number of nitrogens with one attached hydrogen (secondary N) is 3. The average molecular weight is 431 g/mol. The zero-order valence-corrected chi connectivity index (χ0v) is 15.6. The van der Waals surface area contributed by atoms with E-state index in [0.29, 0.717) is 19.0 Å². The summed E-state index contributed by atoms with van der Waals surface area (Å²) in [6, 6.07) is 5.73.